The zero-order valence-corrected chi connectivity index (χ0v) is 14.4. The number of hydrogen-bond donors (Lipinski definition) is 1. The Balaban J connectivity index is 3.25. The Morgan fingerprint density at radius 2 is 2.06 bits per heavy atom. The molecule has 5 nitrogen and oxygen atoms in total. The molecular formula is C9H11Br2NO4S2. The largest absolute Gasteiger partial charge is 0.480 e. The van der Waals surface area contributed by atoms with E-state index in [0.717, 1.165) is 4.31 Å². The minimum Gasteiger partial charge on any atom is -0.480 e. The summed E-state index contributed by atoms with van der Waals surface area (Å²) in [5, 5.41) is 8.79. The van der Waals surface area contributed by atoms with E-state index in [2.05, 4.69) is 31.9 Å². The van der Waals surface area contributed by atoms with Gasteiger partial charge in [-0.3, -0.25) is 4.79 Å². The predicted molar refractivity (Wildman–Crippen MR) is 76.4 cm³/mol. The van der Waals surface area contributed by atoms with Gasteiger partial charge < -0.3 is 5.11 Å². The van der Waals surface area contributed by atoms with Gasteiger partial charge in [0.2, 0.25) is 10.0 Å². The first-order valence-corrected chi connectivity index (χ1v) is 8.69. The summed E-state index contributed by atoms with van der Waals surface area (Å²) in [7, 11) is -3.82. The third-order valence-electron chi connectivity index (χ3n) is 2.08. The van der Waals surface area contributed by atoms with E-state index in [-0.39, 0.29) is 4.90 Å². The third-order valence-corrected chi connectivity index (χ3v) is 6.86. The van der Waals surface area contributed by atoms with Crippen LogP contribution in [-0.4, -0.2) is 36.4 Å². The van der Waals surface area contributed by atoms with Gasteiger partial charge in [0.15, 0.2) is 0 Å². The molecule has 0 saturated heterocycles. The highest BCUT2D eigenvalue weighted by Crippen LogP contribution is 2.36. The summed E-state index contributed by atoms with van der Waals surface area (Å²) in [4.78, 5) is 10.8. The fraction of sp³-hybridized carbons (Fsp3) is 0.444. The number of carboxylic acids is 1. The van der Waals surface area contributed by atoms with E-state index < -0.39 is 28.6 Å². The van der Waals surface area contributed by atoms with Gasteiger partial charge in [-0.2, -0.15) is 4.31 Å². The average Bonchev–Trinajstić information content (AvgIpc) is 2.54. The minimum atomic E-state index is -3.82. The molecule has 0 radical (unpaired) electrons. The Labute approximate surface area is 126 Å². The summed E-state index contributed by atoms with van der Waals surface area (Å²) >= 11 is 7.60. The molecule has 0 aliphatic rings. The summed E-state index contributed by atoms with van der Waals surface area (Å²) in [6.07, 6.45) is 0. The Morgan fingerprint density at radius 1 is 1.50 bits per heavy atom. The number of sulfonamides is 1. The van der Waals surface area contributed by atoms with E-state index in [9.17, 15) is 13.2 Å². The number of aliphatic carboxylic acids is 1. The van der Waals surface area contributed by atoms with Gasteiger partial charge in [0.25, 0.3) is 0 Å². The molecule has 0 unspecified atom stereocenters. The van der Waals surface area contributed by atoms with Gasteiger partial charge in [-0.05, 0) is 51.8 Å². The van der Waals surface area contributed by atoms with Crippen molar-refractivity contribution in [2.75, 3.05) is 6.54 Å². The SMILES string of the molecule is CC(C)N(CC(=O)O)S(=O)(=O)c1cc(Br)sc1Br. The molecule has 0 fully saturated rings. The standard InChI is InChI=1S/C9H11Br2NO4S2/c1-5(2)12(4-8(13)14)18(15,16)6-3-7(10)17-9(6)11/h3,5H,4H2,1-2H3,(H,13,14). The van der Waals surface area contributed by atoms with E-state index >= 15 is 0 Å². The molecule has 0 aliphatic heterocycles. The van der Waals surface area contributed by atoms with Crippen molar-refractivity contribution in [3.63, 3.8) is 0 Å². The molecule has 0 saturated carbocycles. The number of hydrogen-bond acceptors (Lipinski definition) is 4. The van der Waals surface area contributed by atoms with Crippen molar-refractivity contribution < 1.29 is 18.3 Å². The van der Waals surface area contributed by atoms with Gasteiger partial charge in [-0.25, -0.2) is 8.42 Å². The van der Waals surface area contributed by atoms with Gasteiger partial charge in [0.1, 0.15) is 11.4 Å². The molecule has 102 valence electrons. The predicted octanol–water partition coefficient (Wildman–Crippen LogP) is 2.76. The van der Waals surface area contributed by atoms with Crippen LogP contribution in [-0.2, 0) is 14.8 Å². The van der Waals surface area contributed by atoms with Gasteiger partial charge >= 0.3 is 5.97 Å². The summed E-state index contributed by atoms with van der Waals surface area (Å²) in [5.41, 5.74) is 0. The van der Waals surface area contributed by atoms with E-state index in [1.54, 1.807) is 13.8 Å². The van der Waals surface area contributed by atoms with Crippen LogP contribution >= 0.6 is 43.2 Å². The van der Waals surface area contributed by atoms with Crippen LogP contribution < -0.4 is 0 Å². The smallest absolute Gasteiger partial charge is 0.318 e. The molecule has 1 rings (SSSR count). The van der Waals surface area contributed by atoms with Crippen molar-refractivity contribution in [2.24, 2.45) is 0 Å². The number of thiophene rings is 1. The quantitative estimate of drug-likeness (QED) is 0.794. The summed E-state index contributed by atoms with van der Waals surface area (Å²) in [6.45, 7) is 2.71. The number of nitrogens with zero attached hydrogens (tertiary/aromatic N) is 1. The molecular weight excluding hydrogens is 410 g/mol. The molecule has 0 bridgehead atoms. The maximum Gasteiger partial charge on any atom is 0.318 e. The lowest BCUT2D eigenvalue weighted by atomic mass is 10.4. The Morgan fingerprint density at radius 3 is 2.39 bits per heavy atom. The molecule has 0 spiro atoms. The number of rotatable bonds is 5. The van der Waals surface area contributed by atoms with Crippen molar-refractivity contribution >= 4 is 59.2 Å². The first kappa shape index (κ1) is 16.1. The minimum absolute atomic E-state index is 0.0781. The highest BCUT2D eigenvalue weighted by Gasteiger charge is 2.31. The lowest BCUT2D eigenvalue weighted by Crippen LogP contribution is -2.40. The van der Waals surface area contributed by atoms with Crippen LogP contribution in [0.2, 0.25) is 0 Å². The molecule has 1 N–H and O–H groups in total. The fourth-order valence-electron chi connectivity index (χ4n) is 1.31. The van der Waals surface area contributed by atoms with Gasteiger partial charge in [0, 0.05) is 6.04 Å². The molecule has 9 heteroatoms. The second kappa shape index (κ2) is 6.00. The topological polar surface area (TPSA) is 74.7 Å². The Hall–Kier alpha value is 0.0400. The summed E-state index contributed by atoms with van der Waals surface area (Å²) in [5.74, 6) is -1.18. The van der Waals surface area contributed by atoms with Crippen LogP contribution in [0.3, 0.4) is 0 Å². The number of carboxylic acid groups (broad SMARTS) is 1. The van der Waals surface area contributed by atoms with E-state index in [4.69, 9.17) is 5.11 Å². The second-order valence-electron chi connectivity index (χ2n) is 3.73. The van der Waals surface area contributed by atoms with Crippen LogP contribution in [0.25, 0.3) is 0 Å². The first-order valence-electron chi connectivity index (χ1n) is 4.84. The van der Waals surface area contributed by atoms with Crippen molar-refractivity contribution in [3.05, 3.63) is 13.6 Å². The maximum absolute atomic E-state index is 12.4. The zero-order valence-electron chi connectivity index (χ0n) is 9.55. The lowest BCUT2D eigenvalue weighted by molar-refractivity contribution is -0.137. The molecule has 0 aliphatic carbocycles. The van der Waals surface area contributed by atoms with Crippen molar-refractivity contribution in [3.8, 4) is 0 Å². The van der Waals surface area contributed by atoms with Crippen LogP contribution in [0.4, 0.5) is 0 Å². The molecule has 18 heavy (non-hydrogen) atoms. The van der Waals surface area contributed by atoms with E-state index in [1.807, 2.05) is 0 Å². The number of halogens is 2. The fourth-order valence-corrected chi connectivity index (χ4v) is 6.66. The molecule has 0 aromatic carbocycles. The van der Waals surface area contributed by atoms with Crippen LogP contribution in [0.5, 0.6) is 0 Å². The molecule has 1 aromatic rings. The van der Waals surface area contributed by atoms with Crippen LogP contribution in [0, 0.1) is 0 Å². The Bertz CT molecular complexity index is 553. The normalized spacial score (nSPS) is 12.3. The number of carbonyl (C=O) groups is 1. The molecule has 1 heterocycles. The van der Waals surface area contributed by atoms with Gasteiger partial charge in [0.05, 0.1) is 7.57 Å². The Kier molecular flexibility index (Phi) is 5.36. The van der Waals surface area contributed by atoms with Crippen LogP contribution in [0.15, 0.2) is 18.5 Å². The maximum atomic E-state index is 12.4. The first-order chi connectivity index (χ1) is 8.16. The van der Waals surface area contributed by atoms with Gasteiger partial charge in [-0.1, -0.05) is 0 Å². The monoisotopic (exact) mass is 419 g/mol. The van der Waals surface area contributed by atoms with Crippen LogP contribution in [0.1, 0.15) is 13.8 Å². The second-order valence-corrected chi connectivity index (χ2v) is 9.33. The molecule has 0 atom stereocenters. The zero-order chi connectivity index (χ0) is 14.1. The molecule has 1 aromatic heterocycles. The van der Waals surface area contributed by atoms with Crippen molar-refractivity contribution in [1.29, 1.82) is 0 Å². The highest BCUT2D eigenvalue weighted by atomic mass is 79.9. The summed E-state index contributed by atoms with van der Waals surface area (Å²) in [6, 6.07) is 1.03. The molecule has 0 amide bonds. The summed E-state index contributed by atoms with van der Waals surface area (Å²) < 4.78 is 26.8. The van der Waals surface area contributed by atoms with E-state index in [1.165, 1.54) is 17.4 Å². The van der Waals surface area contributed by atoms with Crippen molar-refractivity contribution in [2.45, 2.75) is 24.8 Å². The van der Waals surface area contributed by atoms with Crippen molar-refractivity contribution in [1.82, 2.24) is 4.31 Å². The third kappa shape index (κ3) is 3.53. The average molecular weight is 421 g/mol. The lowest BCUT2D eigenvalue weighted by Gasteiger charge is -2.23. The highest BCUT2D eigenvalue weighted by molar-refractivity contribution is 9.12. The van der Waals surface area contributed by atoms with E-state index in [0.29, 0.717) is 7.57 Å². The van der Waals surface area contributed by atoms with Gasteiger partial charge in [-0.15, -0.1) is 11.3 Å².